The fourth-order valence-electron chi connectivity index (χ4n) is 11.3. The second kappa shape index (κ2) is 41.0. The second-order valence-electron chi connectivity index (χ2n) is 22.3. The zero-order valence-corrected chi connectivity index (χ0v) is 53.1. The van der Waals surface area contributed by atoms with Crippen molar-refractivity contribution >= 4 is 99.4 Å². The molecule has 410 valence electrons. The molecule has 0 saturated carbocycles. The second-order valence-corrected chi connectivity index (χ2v) is 29.0. The van der Waals surface area contributed by atoms with Crippen LogP contribution >= 0.6 is 78.1 Å². The van der Waals surface area contributed by atoms with Crippen LogP contribution in [0.1, 0.15) is 318 Å². The molecule has 0 aliphatic carbocycles. The number of carbonyl (C=O) groups excluding carboxylic acids is 2. The lowest BCUT2D eigenvalue weighted by molar-refractivity contribution is -0.106. The molecule has 2 atom stereocenters. The standard InChI is InChI=1S/C64H104Br2O2S4/c1-5-9-13-17-21-25-27-31-35-39-43-51(41-37-33-29-23-19-15-11-7-3)45-47-53-49-55(69-61(53)65)57-59-60(72-63(57)67)58(64(68)71-59)56-50-54(62(66)70-56)48-46-52(42-38-34-30-24-20-16-12-8-4)44-40-36-32-28-26-22-18-14-10-6-2/h49-52H,5-48H2,1-4H3. The summed E-state index contributed by atoms with van der Waals surface area (Å²) in [7, 11) is 0. The first kappa shape index (κ1) is 64.4. The van der Waals surface area contributed by atoms with Gasteiger partial charge in [-0.15, -0.1) is 22.7 Å². The Labute approximate surface area is 477 Å². The van der Waals surface area contributed by atoms with Crippen molar-refractivity contribution in [2.24, 2.45) is 11.8 Å². The summed E-state index contributed by atoms with van der Waals surface area (Å²) in [6.45, 7) is 9.22. The number of halogens is 2. The Morgan fingerprint density at radius 3 is 0.833 bits per heavy atom. The molecule has 72 heavy (non-hydrogen) atoms. The lowest BCUT2D eigenvalue weighted by Gasteiger charge is -2.17. The molecule has 2 aliphatic heterocycles. The van der Waals surface area contributed by atoms with Crippen LogP contribution in [0.3, 0.4) is 0 Å². The molecule has 0 N–H and O–H groups in total. The van der Waals surface area contributed by atoms with E-state index >= 15 is 0 Å². The maximum Gasteiger partial charge on any atom is 0.226 e. The highest BCUT2D eigenvalue weighted by Crippen LogP contribution is 2.58. The monoisotopic (exact) mass is 1190 g/mol. The average Bonchev–Trinajstić information content (AvgIpc) is 4.11. The molecule has 2 aliphatic rings. The van der Waals surface area contributed by atoms with Crippen molar-refractivity contribution < 1.29 is 9.59 Å². The largest absolute Gasteiger partial charge is 0.281 e. The van der Waals surface area contributed by atoms with Gasteiger partial charge < -0.3 is 0 Å². The van der Waals surface area contributed by atoms with E-state index in [0.29, 0.717) is 0 Å². The summed E-state index contributed by atoms with van der Waals surface area (Å²) in [5, 5.41) is 0.191. The zero-order valence-electron chi connectivity index (χ0n) is 46.6. The van der Waals surface area contributed by atoms with E-state index in [-0.39, 0.29) is 10.2 Å². The number of thioether (sulfide) groups is 2. The first-order chi connectivity index (χ1) is 35.3. The third kappa shape index (κ3) is 25.6. The average molecular weight is 1190 g/mol. The molecule has 0 amide bonds. The van der Waals surface area contributed by atoms with Gasteiger partial charge in [-0.25, -0.2) is 0 Å². The third-order valence-corrected chi connectivity index (χ3v) is 22.1. The number of thiophene rings is 2. The van der Waals surface area contributed by atoms with E-state index in [4.69, 9.17) is 0 Å². The molecule has 2 aromatic heterocycles. The van der Waals surface area contributed by atoms with Gasteiger partial charge in [0.1, 0.15) is 0 Å². The molecular formula is C64H104Br2O2S4. The number of hydrogen-bond donors (Lipinski definition) is 0. The highest BCUT2D eigenvalue weighted by molar-refractivity contribution is 9.11. The fourth-order valence-corrected chi connectivity index (χ4v) is 17.6. The molecule has 8 heteroatoms. The van der Waals surface area contributed by atoms with E-state index in [1.54, 1.807) is 22.7 Å². The highest BCUT2D eigenvalue weighted by atomic mass is 79.9. The highest BCUT2D eigenvalue weighted by Gasteiger charge is 2.42. The van der Waals surface area contributed by atoms with Crippen molar-refractivity contribution in [3.8, 4) is 0 Å². The van der Waals surface area contributed by atoms with E-state index < -0.39 is 0 Å². The minimum absolute atomic E-state index is 0.0953. The Bertz CT molecular complexity index is 1690. The summed E-state index contributed by atoms with van der Waals surface area (Å²) in [6, 6.07) is 4.57. The lowest BCUT2D eigenvalue weighted by Crippen LogP contribution is -2.03. The Hall–Kier alpha value is -0.120. The molecule has 4 rings (SSSR count). The normalized spacial score (nSPS) is 14.8. The minimum atomic E-state index is 0.0953. The molecule has 0 fully saturated rings. The number of carbonyl (C=O) groups is 2. The van der Waals surface area contributed by atoms with Crippen LogP contribution in [0.4, 0.5) is 0 Å². The summed E-state index contributed by atoms with van der Waals surface area (Å²) in [5.41, 5.74) is 4.18. The van der Waals surface area contributed by atoms with E-state index in [0.717, 1.165) is 63.0 Å². The van der Waals surface area contributed by atoms with Crippen LogP contribution in [0.5, 0.6) is 0 Å². The number of rotatable bonds is 48. The molecule has 2 aromatic rings. The summed E-state index contributed by atoms with van der Waals surface area (Å²) in [4.78, 5) is 31.7. The van der Waals surface area contributed by atoms with Crippen LogP contribution in [0.15, 0.2) is 29.5 Å². The summed E-state index contributed by atoms with van der Waals surface area (Å²) in [5.74, 6) is 1.53. The first-order valence-electron chi connectivity index (χ1n) is 30.8. The molecule has 0 radical (unpaired) electrons. The van der Waals surface area contributed by atoms with Gasteiger partial charge in [-0.1, -0.05) is 285 Å². The van der Waals surface area contributed by atoms with Gasteiger partial charge in [-0.05, 0) is 116 Å². The molecule has 0 bridgehead atoms. The smallest absolute Gasteiger partial charge is 0.226 e. The molecule has 0 spiro atoms. The van der Waals surface area contributed by atoms with Gasteiger partial charge in [-0.2, -0.15) is 0 Å². The van der Waals surface area contributed by atoms with Crippen molar-refractivity contribution in [2.45, 2.75) is 310 Å². The van der Waals surface area contributed by atoms with Crippen molar-refractivity contribution in [2.75, 3.05) is 0 Å². The van der Waals surface area contributed by atoms with Crippen LogP contribution in [0.2, 0.25) is 0 Å². The third-order valence-electron chi connectivity index (χ3n) is 16.0. The van der Waals surface area contributed by atoms with Crippen LogP contribution < -0.4 is 0 Å². The molecular weight excluding hydrogens is 1090 g/mol. The number of aryl methyl sites for hydroxylation is 2. The van der Waals surface area contributed by atoms with Crippen molar-refractivity contribution in [1.82, 2.24) is 0 Å². The number of fused-ring (bicyclic) bond motifs is 1. The van der Waals surface area contributed by atoms with Crippen LogP contribution in [0, 0.1) is 11.8 Å². The van der Waals surface area contributed by atoms with Gasteiger partial charge in [0.15, 0.2) is 0 Å². The van der Waals surface area contributed by atoms with Crippen LogP contribution in [-0.2, 0) is 22.4 Å². The summed E-state index contributed by atoms with van der Waals surface area (Å²) >= 11 is 13.9. The van der Waals surface area contributed by atoms with Gasteiger partial charge in [0.05, 0.1) is 18.7 Å². The predicted octanol–water partition coefficient (Wildman–Crippen LogP) is 24.8. The lowest BCUT2D eigenvalue weighted by atomic mass is 9.89. The van der Waals surface area contributed by atoms with E-state index in [9.17, 15) is 9.59 Å². The van der Waals surface area contributed by atoms with E-state index in [2.05, 4.69) is 71.7 Å². The van der Waals surface area contributed by atoms with Crippen molar-refractivity contribution in [3.05, 3.63) is 50.4 Å². The molecule has 2 nitrogen and oxygen atoms in total. The van der Waals surface area contributed by atoms with Crippen LogP contribution in [0.25, 0.3) is 11.1 Å². The van der Waals surface area contributed by atoms with Crippen molar-refractivity contribution in [1.29, 1.82) is 0 Å². The molecule has 2 unspecified atom stereocenters. The van der Waals surface area contributed by atoms with Gasteiger partial charge in [0, 0.05) is 19.6 Å². The Balaban J connectivity index is 1.35. The van der Waals surface area contributed by atoms with Gasteiger partial charge >= 0.3 is 0 Å². The summed E-state index contributed by atoms with van der Waals surface area (Å²) in [6.07, 6.45) is 59.9. The molecule has 4 heterocycles. The number of hydrogen-bond acceptors (Lipinski definition) is 6. The van der Waals surface area contributed by atoms with Crippen LogP contribution in [-0.4, -0.2) is 10.2 Å². The van der Waals surface area contributed by atoms with E-state index in [1.807, 2.05) is 0 Å². The molecule has 0 saturated heterocycles. The van der Waals surface area contributed by atoms with Gasteiger partial charge in [0.2, 0.25) is 10.2 Å². The molecule has 0 aromatic carbocycles. The Kier molecular flexibility index (Phi) is 36.7. The Morgan fingerprint density at radius 1 is 0.347 bits per heavy atom. The fraction of sp³-hybridized carbons (Fsp3) is 0.781. The number of unbranched alkanes of at least 4 members (excludes halogenated alkanes) is 32. The first-order valence-corrected chi connectivity index (χ1v) is 35.7. The van der Waals surface area contributed by atoms with Gasteiger partial charge in [-0.3, -0.25) is 9.59 Å². The van der Waals surface area contributed by atoms with E-state index in [1.165, 1.54) is 304 Å². The SMILES string of the molecule is CCCCCCCCCCCCC(CCCCCCCCCC)CCc1cc(C2=C3SC(=O)C(c4cc(CCC(CCCCCCCCCC)CCCCCCCCCCCC)c(Br)s4)=C3SC2=O)sc1Br. The maximum absolute atomic E-state index is 14.0. The topological polar surface area (TPSA) is 34.1 Å². The summed E-state index contributed by atoms with van der Waals surface area (Å²) < 4.78 is 2.31. The predicted molar refractivity (Wildman–Crippen MR) is 334 cm³/mol. The minimum Gasteiger partial charge on any atom is -0.281 e. The van der Waals surface area contributed by atoms with Crippen molar-refractivity contribution in [3.63, 3.8) is 0 Å². The quantitative estimate of drug-likeness (QED) is 0.0619. The zero-order chi connectivity index (χ0) is 51.4. The maximum atomic E-state index is 14.0. The van der Waals surface area contributed by atoms with Gasteiger partial charge in [0.25, 0.3) is 0 Å². The Morgan fingerprint density at radius 2 is 0.583 bits per heavy atom.